The van der Waals surface area contributed by atoms with E-state index >= 15 is 0 Å². The second-order valence-electron chi connectivity index (χ2n) is 5.96. The van der Waals surface area contributed by atoms with Crippen LogP contribution in [-0.2, 0) is 29.2 Å². The molecule has 0 aliphatic carbocycles. The van der Waals surface area contributed by atoms with E-state index in [0.717, 1.165) is 0 Å². The summed E-state index contributed by atoms with van der Waals surface area (Å²) in [6.07, 6.45) is 0.432. The minimum absolute atomic E-state index is 0. The van der Waals surface area contributed by atoms with Gasteiger partial charge in [-0.3, -0.25) is 14.1 Å². The summed E-state index contributed by atoms with van der Waals surface area (Å²) in [6, 6.07) is 0. The van der Waals surface area contributed by atoms with E-state index in [9.17, 15) is 18.0 Å². The predicted molar refractivity (Wildman–Crippen MR) is 86.5 cm³/mol. The third-order valence-electron chi connectivity index (χ3n) is 2.87. The number of hydrogen-bond acceptors (Lipinski definition) is 6. The minimum Gasteiger partial charge on any atom is -0.466 e. The normalized spacial score (nSPS) is 12.7. The van der Waals surface area contributed by atoms with Gasteiger partial charge < -0.3 is 9.47 Å². The molecule has 0 rings (SSSR count). The van der Waals surface area contributed by atoms with Gasteiger partial charge in [0.2, 0.25) is 0 Å². The van der Waals surface area contributed by atoms with Crippen molar-refractivity contribution in [2.24, 2.45) is 11.8 Å². The molecular weight excluding hydrogens is 351 g/mol. The van der Waals surface area contributed by atoms with E-state index in [-0.39, 0.29) is 70.5 Å². The summed E-state index contributed by atoms with van der Waals surface area (Å²) < 4.78 is 41.2. The van der Waals surface area contributed by atoms with Crippen LogP contribution in [0.5, 0.6) is 0 Å². The zero-order valence-electron chi connectivity index (χ0n) is 14.6. The second kappa shape index (κ2) is 12.8. The van der Waals surface area contributed by atoms with Crippen LogP contribution in [0.4, 0.5) is 0 Å². The Labute approximate surface area is 181 Å². The van der Waals surface area contributed by atoms with Crippen LogP contribution in [0, 0.1) is 11.8 Å². The maximum atomic E-state index is 11.7. The molecule has 7 nitrogen and oxygen atoms in total. The first-order chi connectivity index (χ1) is 10.0. The maximum Gasteiger partial charge on any atom is 0.327 e. The van der Waals surface area contributed by atoms with E-state index in [4.69, 9.17) is 14.0 Å². The van der Waals surface area contributed by atoms with Crippen molar-refractivity contribution in [1.82, 2.24) is 0 Å². The van der Waals surface area contributed by atoms with Crippen LogP contribution in [0.2, 0.25) is 0 Å². The summed E-state index contributed by atoms with van der Waals surface area (Å²) in [4.78, 5) is 23.3. The van der Waals surface area contributed by atoms with Gasteiger partial charge in [-0.2, -0.15) is 8.42 Å². The molecule has 0 amide bonds. The largest absolute Gasteiger partial charge is 0.466 e. The Bertz CT molecular complexity index is 460. The van der Waals surface area contributed by atoms with Gasteiger partial charge in [0, 0.05) is 51.4 Å². The molecule has 0 heterocycles. The van der Waals surface area contributed by atoms with E-state index in [2.05, 4.69) is 0 Å². The van der Waals surface area contributed by atoms with E-state index in [0.29, 0.717) is 18.8 Å². The Balaban J connectivity index is 0. The van der Waals surface area contributed by atoms with Crippen LogP contribution in [0.25, 0.3) is 0 Å². The van der Waals surface area contributed by atoms with Gasteiger partial charge >= 0.3 is 11.9 Å². The molecule has 0 fully saturated rings. The molecule has 0 aliphatic rings. The Morgan fingerprint density at radius 2 is 1.39 bits per heavy atom. The Morgan fingerprint density at radius 3 is 1.78 bits per heavy atom. The van der Waals surface area contributed by atoms with Gasteiger partial charge in [-0.15, -0.1) is 0 Å². The zero-order valence-corrected chi connectivity index (χ0v) is 18.5. The average molecular weight is 378 g/mol. The molecule has 1 N–H and O–H groups in total. The monoisotopic (exact) mass is 377 g/mol. The van der Waals surface area contributed by atoms with E-state index in [1.54, 1.807) is 0 Å². The maximum absolute atomic E-state index is 11.7. The molecule has 0 spiro atoms. The van der Waals surface area contributed by atoms with Crippen LogP contribution in [-0.4, -0.2) is 94.8 Å². The van der Waals surface area contributed by atoms with Crippen molar-refractivity contribution in [3.05, 3.63) is 0 Å². The molecule has 0 aromatic carbocycles. The Hall–Kier alpha value is 0.486. The van der Waals surface area contributed by atoms with Gasteiger partial charge in [0.15, 0.2) is 5.25 Å². The fourth-order valence-electron chi connectivity index (χ4n) is 1.42. The number of ether oxygens (including phenoxy) is 2. The third kappa shape index (κ3) is 13.5. The van der Waals surface area contributed by atoms with Gasteiger partial charge in [-0.05, 0) is 24.7 Å². The number of carbonyl (C=O) groups is 2. The van der Waals surface area contributed by atoms with Crippen molar-refractivity contribution in [3.63, 3.8) is 0 Å². The van der Waals surface area contributed by atoms with Crippen LogP contribution in [0.1, 0.15) is 47.0 Å². The third-order valence-corrected chi connectivity index (χ3v) is 3.95. The van der Waals surface area contributed by atoms with Crippen LogP contribution < -0.4 is 0 Å². The molecule has 0 aromatic heterocycles. The summed E-state index contributed by atoms with van der Waals surface area (Å²) in [5, 5.41) is -1.94. The Morgan fingerprint density at radius 1 is 0.957 bits per heavy atom. The number of carbonyl (C=O) groups excluding carboxylic acids is 2. The molecule has 1 radical (unpaired) electrons. The molecular formula is C14H26KO7S. The van der Waals surface area contributed by atoms with Crippen molar-refractivity contribution in [3.8, 4) is 0 Å². The fourth-order valence-corrected chi connectivity index (χ4v) is 2.08. The molecule has 0 bridgehead atoms. The van der Waals surface area contributed by atoms with Gasteiger partial charge in [-0.1, -0.05) is 27.7 Å². The van der Waals surface area contributed by atoms with Crippen LogP contribution in [0.3, 0.4) is 0 Å². The van der Waals surface area contributed by atoms with E-state index in [1.807, 2.05) is 27.7 Å². The standard InChI is InChI=1S/C14H26O7S.K/c1-10(2)5-7-20-13(15)9-12(22(17,18)19)14(16)21-8-6-11(3)4;/h10-12H,5-9H2,1-4H3,(H,17,18,19);. The van der Waals surface area contributed by atoms with Crippen molar-refractivity contribution in [2.75, 3.05) is 13.2 Å². The number of rotatable bonds is 10. The SMILES string of the molecule is CC(C)CCOC(=O)CC(C(=O)OCCC(C)C)S(=O)(=O)O.[K]. The molecule has 0 aromatic rings. The van der Waals surface area contributed by atoms with Crippen molar-refractivity contribution in [1.29, 1.82) is 0 Å². The fraction of sp³-hybridized carbons (Fsp3) is 0.857. The van der Waals surface area contributed by atoms with Crippen LogP contribution >= 0.6 is 0 Å². The summed E-state index contributed by atoms with van der Waals surface area (Å²) in [6.45, 7) is 7.89. The van der Waals surface area contributed by atoms with E-state index < -0.39 is 33.7 Å². The molecule has 0 saturated heterocycles. The van der Waals surface area contributed by atoms with E-state index in [1.165, 1.54) is 0 Å². The molecule has 0 aliphatic heterocycles. The van der Waals surface area contributed by atoms with Gasteiger partial charge in [0.1, 0.15) is 0 Å². The summed E-state index contributed by atoms with van der Waals surface area (Å²) in [7, 11) is -4.73. The first-order valence-electron chi connectivity index (χ1n) is 7.32. The molecule has 1 unspecified atom stereocenters. The van der Waals surface area contributed by atoms with Gasteiger partial charge in [0.25, 0.3) is 10.1 Å². The molecule has 23 heavy (non-hydrogen) atoms. The second-order valence-corrected chi connectivity index (χ2v) is 7.56. The topological polar surface area (TPSA) is 107 Å². The summed E-state index contributed by atoms with van der Waals surface area (Å²) in [5.41, 5.74) is 0. The molecule has 9 heteroatoms. The summed E-state index contributed by atoms with van der Waals surface area (Å²) in [5.74, 6) is -1.39. The molecule has 131 valence electrons. The first kappa shape index (κ1) is 25.7. The smallest absolute Gasteiger partial charge is 0.327 e. The number of esters is 2. The zero-order chi connectivity index (χ0) is 17.3. The molecule has 1 atom stereocenters. The van der Waals surface area contributed by atoms with Gasteiger partial charge in [-0.25, -0.2) is 0 Å². The first-order valence-corrected chi connectivity index (χ1v) is 8.83. The van der Waals surface area contributed by atoms with Gasteiger partial charge in [0.05, 0.1) is 19.6 Å². The average Bonchev–Trinajstić information content (AvgIpc) is 2.33. The van der Waals surface area contributed by atoms with Crippen molar-refractivity contribution < 1.29 is 32.0 Å². The van der Waals surface area contributed by atoms with Crippen molar-refractivity contribution in [2.45, 2.75) is 52.2 Å². The van der Waals surface area contributed by atoms with Crippen molar-refractivity contribution >= 4 is 73.4 Å². The van der Waals surface area contributed by atoms with Crippen LogP contribution in [0.15, 0.2) is 0 Å². The predicted octanol–water partition coefficient (Wildman–Crippen LogP) is 1.43. The summed E-state index contributed by atoms with van der Waals surface area (Å²) >= 11 is 0. The minimum atomic E-state index is -4.73. The quantitative estimate of drug-likeness (QED) is 0.349. The Kier molecular flexibility index (Phi) is 14.3. The number of hydrogen-bond donors (Lipinski definition) is 1. The molecule has 0 saturated carbocycles.